The summed E-state index contributed by atoms with van der Waals surface area (Å²) in [5, 5.41) is 22.1. The number of rotatable bonds is 5. The molecule has 0 fully saturated rings. The summed E-state index contributed by atoms with van der Waals surface area (Å²) >= 11 is 0. The summed E-state index contributed by atoms with van der Waals surface area (Å²) in [7, 11) is 0. The van der Waals surface area contributed by atoms with Gasteiger partial charge in [-0.3, -0.25) is 20.2 Å². The molecule has 0 aromatic heterocycles. The number of hydrogen-bond donors (Lipinski definition) is 0. The number of fused-ring (bicyclic) bond motifs is 1. The zero-order chi connectivity index (χ0) is 17.1. The van der Waals surface area contributed by atoms with Gasteiger partial charge >= 0.3 is 5.69 Å². The summed E-state index contributed by atoms with van der Waals surface area (Å²) in [6.07, 6.45) is 0. The van der Waals surface area contributed by atoms with E-state index < -0.39 is 9.85 Å². The van der Waals surface area contributed by atoms with E-state index in [2.05, 4.69) is 0 Å². The fraction of sp³-hybridized carbons (Fsp3) is 0.200. The lowest BCUT2D eigenvalue weighted by atomic mass is 10.1. The fourth-order valence-corrected chi connectivity index (χ4v) is 2.38. The van der Waals surface area contributed by atoms with Gasteiger partial charge in [0.15, 0.2) is 12.5 Å². The molecule has 0 unspecified atom stereocenters. The first-order valence-electron chi connectivity index (χ1n) is 6.93. The molecule has 0 saturated heterocycles. The van der Waals surface area contributed by atoms with Gasteiger partial charge in [-0.1, -0.05) is 12.1 Å². The molecule has 0 atom stereocenters. The van der Waals surface area contributed by atoms with Crippen molar-refractivity contribution in [3.63, 3.8) is 0 Å². The third-order valence-corrected chi connectivity index (χ3v) is 3.43. The summed E-state index contributed by atoms with van der Waals surface area (Å²) in [6.45, 7) is 0.119. The van der Waals surface area contributed by atoms with E-state index in [-0.39, 0.29) is 37.1 Å². The largest absolute Gasteiger partial charge is 0.482 e. The maximum atomic E-state index is 11.1. The van der Waals surface area contributed by atoms with Crippen LogP contribution in [0.4, 0.5) is 11.4 Å². The highest BCUT2D eigenvalue weighted by atomic mass is 16.7. The first-order chi connectivity index (χ1) is 11.6. The Morgan fingerprint density at radius 1 is 1.12 bits per heavy atom. The van der Waals surface area contributed by atoms with Crippen LogP contribution in [0.15, 0.2) is 36.4 Å². The molecule has 0 spiro atoms. The maximum absolute atomic E-state index is 11.1. The second-order valence-corrected chi connectivity index (χ2v) is 4.97. The van der Waals surface area contributed by atoms with Crippen molar-refractivity contribution in [2.45, 2.75) is 13.2 Å². The molecular weight excluding hydrogens is 320 g/mol. The summed E-state index contributed by atoms with van der Waals surface area (Å²) in [5.74, 6) is 0.528. The lowest BCUT2D eigenvalue weighted by Crippen LogP contribution is -2.14. The van der Waals surface area contributed by atoms with E-state index in [9.17, 15) is 20.2 Å². The van der Waals surface area contributed by atoms with Crippen molar-refractivity contribution in [2.24, 2.45) is 0 Å². The van der Waals surface area contributed by atoms with Crippen LogP contribution in [-0.4, -0.2) is 16.6 Å². The van der Waals surface area contributed by atoms with Gasteiger partial charge in [0.05, 0.1) is 16.5 Å². The highest BCUT2D eigenvalue weighted by Gasteiger charge is 2.22. The minimum atomic E-state index is -0.553. The monoisotopic (exact) mass is 332 g/mol. The Bertz CT molecular complexity index is 806. The quantitative estimate of drug-likeness (QED) is 0.610. The number of nitrogens with zero attached hydrogens (tertiary/aromatic N) is 2. The number of non-ortho nitro benzene ring substituents is 1. The van der Waals surface area contributed by atoms with Crippen LogP contribution in [0.3, 0.4) is 0 Å². The molecule has 1 aliphatic heterocycles. The smallest absolute Gasteiger partial charge is 0.310 e. The van der Waals surface area contributed by atoms with E-state index in [1.165, 1.54) is 30.3 Å². The molecule has 24 heavy (non-hydrogen) atoms. The van der Waals surface area contributed by atoms with E-state index in [0.717, 1.165) is 0 Å². The standard InChI is InChI=1S/C15H12N2O7/c18-16(19)12-5-10-7-22-9-24-15(10)11(6-12)8-23-14-4-2-1-3-13(14)17(20)21/h1-6H,7-9H2. The Morgan fingerprint density at radius 3 is 2.67 bits per heavy atom. The third kappa shape index (κ3) is 3.10. The Hall–Kier alpha value is -3.20. The highest BCUT2D eigenvalue weighted by molar-refractivity contribution is 5.51. The molecule has 124 valence electrons. The molecule has 3 rings (SSSR count). The van der Waals surface area contributed by atoms with E-state index in [1.807, 2.05) is 0 Å². The first-order valence-corrected chi connectivity index (χ1v) is 6.93. The van der Waals surface area contributed by atoms with Gasteiger partial charge in [0, 0.05) is 29.3 Å². The zero-order valence-corrected chi connectivity index (χ0v) is 12.3. The van der Waals surface area contributed by atoms with Gasteiger partial charge in [0.2, 0.25) is 0 Å². The molecule has 9 heteroatoms. The normalized spacial score (nSPS) is 12.8. The van der Waals surface area contributed by atoms with Crippen LogP contribution < -0.4 is 9.47 Å². The lowest BCUT2D eigenvalue weighted by molar-refractivity contribution is -0.386. The number of ether oxygens (including phenoxy) is 3. The predicted octanol–water partition coefficient (Wildman–Crippen LogP) is 2.95. The molecule has 0 N–H and O–H groups in total. The minimum absolute atomic E-state index is 0.0310. The van der Waals surface area contributed by atoms with E-state index in [4.69, 9.17) is 14.2 Å². The van der Waals surface area contributed by atoms with Crippen molar-refractivity contribution in [2.75, 3.05) is 6.79 Å². The second kappa shape index (κ2) is 6.50. The highest BCUT2D eigenvalue weighted by Crippen LogP contribution is 2.34. The van der Waals surface area contributed by atoms with Gasteiger partial charge in [-0.05, 0) is 6.07 Å². The van der Waals surface area contributed by atoms with Gasteiger partial charge in [0.25, 0.3) is 5.69 Å². The molecule has 2 aromatic carbocycles. The molecule has 0 amide bonds. The molecule has 2 aromatic rings. The van der Waals surface area contributed by atoms with Crippen LogP contribution in [0.5, 0.6) is 11.5 Å². The number of benzene rings is 2. The minimum Gasteiger partial charge on any atom is -0.482 e. The van der Waals surface area contributed by atoms with Crippen molar-refractivity contribution >= 4 is 11.4 Å². The summed E-state index contributed by atoms with van der Waals surface area (Å²) in [5.41, 5.74) is 0.669. The van der Waals surface area contributed by atoms with Crippen LogP contribution in [0.1, 0.15) is 11.1 Å². The van der Waals surface area contributed by atoms with Crippen LogP contribution in [0.2, 0.25) is 0 Å². The number of nitro groups is 2. The Balaban J connectivity index is 1.91. The van der Waals surface area contributed by atoms with E-state index in [1.54, 1.807) is 6.07 Å². The molecule has 9 nitrogen and oxygen atoms in total. The Morgan fingerprint density at radius 2 is 1.92 bits per heavy atom. The van der Waals surface area contributed by atoms with Gasteiger partial charge in [0.1, 0.15) is 12.4 Å². The summed E-state index contributed by atoms with van der Waals surface area (Å²) in [6, 6.07) is 8.63. The maximum Gasteiger partial charge on any atom is 0.310 e. The summed E-state index contributed by atoms with van der Waals surface area (Å²) < 4.78 is 16.0. The predicted molar refractivity (Wildman–Crippen MR) is 80.8 cm³/mol. The molecule has 0 radical (unpaired) electrons. The van der Waals surface area contributed by atoms with Gasteiger partial charge < -0.3 is 14.2 Å². The van der Waals surface area contributed by atoms with Crippen LogP contribution in [0.25, 0.3) is 0 Å². The van der Waals surface area contributed by atoms with Gasteiger partial charge in [-0.2, -0.15) is 0 Å². The van der Waals surface area contributed by atoms with E-state index >= 15 is 0 Å². The fourth-order valence-electron chi connectivity index (χ4n) is 2.38. The lowest BCUT2D eigenvalue weighted by Gasteiger charge is -2.20. The molecule has 1 heterocycles. The van der Waals surface area contributed by atoms with Crippen LogP contribution in [0, 0.1) is 20.2 Å². The van der Waals surface area contributed by atoms with Gasteiger partial charge in [-0.15, -0.1) is 0 Å². The van der Waals surface area contributed by atoms with Crippen LogP contribution >= 0.6 is 0 Å². The van der Waals surface area contributed by atoms with Gasteiger partial charge in [-0.25, -0.2) is 0 Å². The molecule has 0 saturated carbocycles. The summed E-state index contributed by atoms with van der Waals surface area (Å²) in [4.78, 5) is 21.0. The number of para-hydroxylation sites is 2. The topological polar surface area (TPSA) is 114 Å². The molecule has 0 aliphatic carbocycles. The average Bonchev–Trinajstić information content (AvgIpc) is 2.59. The third-order valence-electron chi connectivity index (χ3n) is 3.43. The first kappa shape index (κ1) is 15.7. The van der Waals surface area contributed by atoms with Crippen molar-refractivity contribution in [1.29, 1.82) is 0 Å². The number of hydrogen-bond acceptors (Lipinski definition) is 7. The van der Waals surface area contributed by atoms with Crippen molar-refractivity contribution < 1.29 is 24.1 Å². The Labute approximate surface area is 135 Å². The SMILES string of the molecule is O=[N+]([O-])c1cc2c(c(COc3ccccc3[N+](=O)[O-])c1)OCOC2. The van der Waals surface area contributed by atoms with Crippen molar-refractivity contribution in [1.82, 2.24) is 0 Å². The van der Waals surface area contributed by atoms with E-state index in [0.29, 0.717) is 16.9 Å². The average molecular weight is 332 g/mol. The van der Waals surface area contributed by atoms with Crippen LogP contribution in [-0.2, 0) is 18.0 Å². The molecule has 0 bridgehead atoms. The van der Waals surface area contributed by atoms with Crippen molar-refractivity contribution in [3.8, 4) is 11.5 Å². The molecule has 1 aliphatic rings. The molecular formula is C15H12N2O7. The Kier molecular flexibility index (Phi) is 4.25. The number of nitro benzene ring substituents is 2. The second-order valence-electron chi connectivity index (χ2n) is 4.97. The zero-order valence-electron chi connectivity index (χ0n) is 12.3. The van der Waals surface area contributed by atoms with Crippen molar-refractivity contribution in [3.05, 3.63) is 67.8 Å².